The summed E-state index contributed by atoms with van der Waals surface area (Å²) in [7, 11) is 0. The number of anilines is 1. The molecule has 0 spiro atoms. The van der Waals surface area contributed by atoms with E-state index in [-0.39, 0.29) is 48.3 Å². The van der Waals surface area contributed by atoms with Gasteiger partial charge < -0.3 is 14.4 Å². The first-order chi connectivity index (χ1) is 18.3. The third-order valence-corrected chi connectivity index (χ3v) is 8.07. The first-order valence-corrected chi connectivity index (χ1v) is 13.4. The molecule has 0 aromatic carbocycles. The summed E-state index contributed by atoms with van der Waals surface area (Å²) in [5.41, 5.74) is -1.51. The number of piperazine rings is 1. The van der Waals surface area contributed by atoms with Crippen molar-refractivity contribution in [2.45, 2.75) is 69.2 Å². The van der Waals surface area contributed by atoms with E-state index in [4.69, 9.17) is 21.1 Å². The number of pyridine rings is 1. The van der Waals surface area contributed by atoms with Crippen molar-refractivity contribution < 1.29 is 27.4 Å². The van der Waals surface area contributed by atoms with E-state index in [9.17, 15) is 13.6 Å². The van der Waals surface area contributed by atoms with Crippen molar-refractivity contribution in [1.82, 2.24) is 24.8 Å². The Kier molecular flexibility index (Phi) is 6.14. The van der Waals surface area contributed by atoms with Crippen molar-refractivity contribution in [2.75, 3.05) is 37.7 Å². The highest BCUT2D eigenvalue weighted by Gasteiger charge is 2.57. The van der Waals surface area contributed by atoms with E-state index in [0.29, 0.717) is 37.3 Å². The van der Waals surface area contributed by atoms with Gasteiger partial charge in [-0.2, -0.15) is 9.97 Å². The minimum atomic E-state index is -2.79. The molecule has 0 aliphatic carbocycles. The second kappa shape index (κ2) is 9.09. The van der Waals surface area contributed by atoms with Crippen LogP contribution in [-0.4, -0.2) is 92.8 Å². The average Bonchev–Trinajstić information content (AvgIpc) is 3.43. The monoisotopic (exact) mass is 566 g/mol. The Labute approximate surface area is 228 Å². The van der Waals surface area contributed by atoms with Gasteiger partial charge in [-0.15, -0.1) is 0 Å². The van der Waals surface area contributed by atoms with Gasteiger partial charge in [0.15, 0.2) is 11.0 Å². The third kappa shape index (κ3) is 4.75. The fraction of sp³-hybridized carbons (Fsp3) is 0.615. The van der Waals surface area contributed by atoms with Crippen LogP contribution in [0.15, 0.2) is 18.3 Å². The lowest BCUT2D eigenvalue weighted by molar-refractivity contribution is 0.00796. The molecule has 0 N–H and O–H groups in total. The molecule has 3 atom stereocenters. The average molecular weight is 567 g/mol. The second-order valence-electron chi connectivity index (χ2n) is 11.8. The lowest BCUT2D eigenvalue weighted by Gasteiger charge is -2.42. The minimum Gasteiger partial charge on any atom is -0.461 e. The van der Waals surface area contributed by atoms with Crippen LogP contribution in [0.2, 0.25) is 5.15 Å². The first kappa shape index (κ1) is 26.4. The minimum absolute atomic E-state index is 0.0345. The molecule has 2 bridgehead atoms. The summed E-state index contributed by atoms with van der Waals surface area (Å²) in [6.45, 7) is 6.42. The summed E-state index contributed by atoms with van der Waals surface area (Å²) in [6.07, 6.45) is 5.97. The van der Waals surface area contributed by atoms with Crippen LogP contribution in [0.1, 0.15) is 40.0 Å². The number of nitrogens with zero attached hydrogens (tertiary/aromatic N) is 6. The molecule has 1 amide bonds. The van der Waals surface area contributed by atoms with Crippen LogP contribution in [0.5, 0.6) is 6.01 Å². The molecule has 0 saturated carbocycles. The number of ether oxygens (including phenoxy) is 2. The zero-order valence-electron chi connectivity index (χ0n) is 22.0. The Bertz CT molecular complexity index is 1340. The molecular formula is C26H30ClF3N6O3. The standard InChI is InChI=1S/C26H30ClF3N6O3/c1-24(2,3)39-23(37)36-15-5-6-16(36)11-34(10-15)21-17-9-31-20(27)18(28)19(17)32-22(33-21)38-14-25-7-4-8-35(25)13-26(29,30)12-25/h5-6,9,15-16H,4,7-8,10-14H2,1-3H3/t15-,16+,25?. The SMILES string of the molecule is CC(C)(C)OC(=O)N1[C@@H]2C=C[C@H]1CN(c1nc(OCC34CCCN3CC(F)(F)C4)nc3c(F)c(Cl)ncc13)C2. The van der Waals surface area contributed by atoms with Crippen LogP contribution >= 0.6 is 11.6 Å². The van der Waals surface area contributed by atoms with E-state index < -0.39 is 29.0 Å². The van der Waals surface area contributed by atoms with Gasteiger partial charge in [0.25, 0.3) is 5.92 Å². The van der Waals surface area contributed by atoms with Crippen molar-refractivity contribution in [3.8, 4) is 6.01 Å². The molecule has 210 valence electrons. The number of fused-ring (bicyclic) bond motifs is 4. The van der Waals surface area contributed by atoms with Crippen molar-refractivity contribution in [3.63, 3.8) is 0 Å². The predicted molar refractivity (Wildman–Crippen MR) is 138 cm³/mol. The van der Waals surface area contributed by atoms with Gasteiger partial charge in [-0.3, -0.25) is 9.80 Å². The topological polar surface area (TPSA) is 83.9 Å². The number of hydrogen-bond acceptors (Lipinski definition) is 8. The number of halogens is 4. The highest BCUT2D eigenvalue weighted by atomic mass is 35.5. The number of carbonyl (C=O) groups is 1. The Morgan fingerprint density at radius 1 is 1.21 bits per heavy atom. The van der Waals surface area contributed by atoms with Crippen LogP contribution in [-0.2, 0) is 4.74 Å². The van der Waals surface area contributed by atoms with E-state index in [0.717, 1.165) is 6.42 Å². The maximum atomic E-state index is 15.1. The van der Waals surface area contributed by atoms with Gasteiger partial charge in [0, 0.05) is 25.7 Å². The summed E-state index contributed by atoms with van der Waals surface area (Å²) in [4.78, 5) is 31.1. The molecule has 39 heavy (non-hydrogen) atoms. The number of carbonyl (C=O) groups excluding carboxylic acids is 1. The Balaban J connectivity index is 1.30. The lowest BCUT2D eigenvalue weighted by Crippen LogP contribution is -2.57. The van der Waals surface area contributed by atoms with Crippen LogP contribution in [0.25, 0.3) is 10.9 Å². The van der Waals surface area contributed by atoms with Crippen molar-refractivity contribution >= 4 is 34.4 Å². The summed E-state index contributed by atoms with van der Waals surface area (Å²) in [5, 5.41) is -0.00648. The molecule has 2 aromatic heterocycles. The number of alkyl halides is 2. The Morgan fingerprint density at radius 3 is 2.62 bits per heavy atom. The molecule has 9 nitrogen and oxygen atoms in total. The molecule has 0 radical (unpaired) electrons. The van der Waals surface area contributed by atoms with Crippen molar-refractivity contribution in [3.05, 3.63) is 29.3 Å². The fourth-order valence-electron chi connectivity index (χ4n) is 6.25. The smallest absolute Gasteiger partial charge is 0.411 e. The molecule has 1 unspecified atom stereocenters. The van der Waals surface area contributed by atoms with E-state index >= 15 is 4.39 Å². The molecular weight excluding hydrogens is 537 g/mol. The number of rotatable bonds is 4. The first-order valence-electron chi connectivity index (χ1n) is 13.1. The van der Waals surface area contributed by atoms with Crippen LogP contribution in [0.3, 0.4) is 0 Å². The van der Waals surface area contributed by atoms with Crippen molar-refractivity contribution in [2.24, 2.45) is 0 Å². The number of aromatic nitrogens is 3. The quantitative estimate of drug-likeness (QED) is 0.397. The highest BCUT2D eigenvalue weighted by Crippen LogP contribution is 2.46. The maximum absolute atomic E-state index is 15.1. The van der Waals surface area contributed by atoms with E-state index in [1.165, 1.54) is 6.20 Å². The van der Waals surface area contributed by atoms with Gasteiger partial charge in [0.1, 0.15) is 23.5 Å². The van der Waals surface area contributed by atoms with Crippen molar-refractivity contribution in [1.29, 1.82) is 0 Å². The molecule has 2 aromatic rings. The molecule has 4 aliphatic heterocycles. The van der Waals surface area contributed by atoms with Gasteiger partial charge in [-0.05, 0) is 40.2 Å². The van der Waals surface area contributed by atoms with Gasteiger partial charge in [0.05, 0.1) is 29.6 Å². The van der Waals surface area contributed by atoms with Crippen LogP contribution in [0, 0.1) is 5.82 Å². The summed E-state index contributed by atoms with van der Waals surface area (Å²) < 4.78 is 55.2. The Hall–Kier alpha value is -2.86. The largest absolute Gasteiger partial charge is 0.461 e. The van der Waals surface area contributed by atoms with Crippen LogP contribution < -0.4 is 9.64 Å². The predicted octanol–water partition coefficient (Wildman–Crippen LogP) is 4.43. The Morgan fingerprint density at radius 2 is 1.92 bits per heavy atom. The van der Waals surface area contributed by atoms with E-state index in [2.05, 4.69) is 15.0 Å². The summed E-state index contributed by atoms with van der Waals surface area (Å²) in [5.74, 6) is -3.23. The van der Waals surface area contributed by atoms with Crippen LogP contribution in [0.4, 0.5) is 23.8 Å². The molecule has 6 heterocycles. The number of hydrogen-bond donors (Lipinski definition) is 0. The molecule has 6 rings (SSSR count). The summed E-state index contributed by atoms with van der Waals surface area (Å²) in [6, 6.07) is -0.695. The second-order valence-corrected chi connectivity index (χ2v) is 12.2. The van der Waals surface area contributed by atoms with E-state index in [1.807, 2.05) is 37.8 Å². The summed E-state index contributed by atoms with van der Waals surface area (Å²) >= 11 is 5.97. The normalized spacial score (nSPS) is 27.9. The van der Waals surface area contributed by atoms with E-state index in [1.54, 1.807) is 9.80 Å². The zero-order valence-corrected chi connectivity index (χ0v) is 22.7. The lowest BCUT2D eigenvalue weighted by atomic mass is 9.94. The van der Waals surface area contributed by atoms with Gasteiger partial charge in [-0.25, -0.2) is 22.9 Å². The maximum Gasteiger partial charge on any atom is 0.411 e. The van der Waals surface area contributed by atoms with Gasteiger partial charge >= 0.3 is 12.1 Å². The van der Waals surface area contributed by atoms with Gasteiger partial charge in [0.2, 0.25) is 0 Å². The third-order valence-electron chi connectivity index (χ3n) is 7.81. The molecule has 3 saturated heterocycles. The number of amides is 1. The molecule has 3 fully saturated rings. The molecule has 4 aliphatic rings. The zero-order chi connectivity index (χ0) is 27.7. The fourth-order valence-corrected chi connectivity index (χ4v) is 6.38. The van der Waals surface area contributed by atoms with Gasteiger partial charge in [-0.1, -0.05) is 23.8 Å². The molecule has 13 heteroatoms. The highest BCUT2D eigenvalue weighted by molar-refractivity contribution is 6.30.